The van der Waals surface area contributed by atoms with Crippen LogP contribution in [0.1, 0.15) is 46.5 Å². The summed E-state index contributed by atoms with van der Waals surface area (Å²) in [4.78, 5) is 46.0. The third-order valence-corrected chi connectivity index (χ3v) is 10.5. The molecule has 1 unspecified atom stereocenters. The van der Waals surface area contributed by atoms with Crippen LogP contribution in [0.5, 0.6) is 0 Å². The van der Waals surface area contributed by atoms with Crippen LogP contribution >= 0.6 is 23.4 Å². The summed E-state index contributed by atoms with van der Waals surface area (Å²) in [5.41, 5.74) is 0.568. The summed E-state index contributed by atoms with van der Waals surface area (Å²) >= 11 is 8.06. The van der Waals surface area contributed by atoms with Crippen molar-refractivity contribution in [1.82, 2.24) is 4.90 Å². The molecule has 4 heterocycles. The molecule has 0 saturated carbocycles. The molecule has 2 saturated heterocycles. The van der Waals surface area contributed by atoms with Gasteiger partial charge in [-0.2, -0.15) is 0 Å². The first-order valence-electron chi connectivity index (χ1n) is 13.9. The zero-order chi connectivity index (χ0) is 27.9. The number of halogens is 1. The molecule has 1 aromatic rings. The SMILES string of the molecule is CC(C)C[C@H](CO)N1C(=O)[C@@H]2[C@@H]3C(=O)OCCCC/C=C\[C@]3(C)S[C@@]23C=CCN(c2ccccc2Cl)C(=O)C13. The molecule has 0 aromatic heterocycles. The molecule has 0 radical (unpaired) electrons. The first-order chi connectivity index (χ1) is 18.6. The van der Waals surface area contributed by atoms with Gasteiger partial charge < -0.3 is 19.6 Å². The Bertz CT molecular complexity index is 1200. The number of aliphatic hydroxyl groups excluding tert-OH is 1. The number of amides is 2. The molecule has 4 aliphatic rings. The molecule has 0 aliphatic carbocycles. The maximum absolute atomic E-state index is 14.6. The fourth-order valence-electron chi connectivity index (χ4n) is 6.84. The van der Waals surface area contributed by atoms with Crippen LogP contribution < -0.4 is 4.90 Å². The number of allylic oxidation sites excluding steroid dienone is 1. The Morgan fingerprint density at radius 2 is 1.87 bits per heavy atom. The summed E-state index contributed by atoms with van der Waals surface area (Å²) in [6.45, 7) is 6.36. The van der Waals surface area contributed by atoms with Crippen molar-refractivity contribution in [3.05, 3.63) is 53.6 Å². The summed E-state index contributed by atoms with van der Waals surface area (Å²) in [7, 11) is 0. The minimum absolute atomic E-state index is 0.182. The third kappa shape index (κ3) is 4.72. The number of benzene rings is 1. The van der Waals surface area contributed by atoms with E-state index in [9.17, 15) is 19.5 Å². The van der Waals surface area contributed by atoms with E-state index in [2.05, 4.69) is 6.08 Å². The number of likely N-dealkylation sites (tertiary alicyclic amines) is 1. The number of aliphatic hydroxyl groups is 1. The first kappa shape index (κ1) is 28.2. The Labute approximate surface area is 239 Å². The number of para-hydroxylation sites is 1. The molecule has 2 amide bonds. The largest absolute Gasteiger partial charge is 0.465 e. The van der Waals surface area contributed by atoms with E-state index in [1.54, 1.807) is 21.9 Å². The second-order valence-corrected chi connectivity index (χ2v) is 13.8. The number of anilines is 1. The molecule has 1 N–H and O–H groups in total. The number of nitrogens with zero attached hydrogens (tertiary/aromatic N) is 2. The zero-order valence-electron chi connectivity index (χ0n) is 22.7. The van der Waals surface area contributed by atoms with Crippen LogP contribution in [0.3, 0.4) is 0 Å². The normalized spacial score (nSPS) is 34.3. The van der Waals surface area contributed by atoms with Gasteiger partial charge >= 0.3 is 5.97 Å². The van der Waals surface area contributed by atoms with Gasteiger partial charge in [0.15, 0.2) is 0 Å². The number of fused-ring (bicyclic) bond motifs is 2. The average Bonchev–Trinajstić information content (AvgIpc) is 3.23. The molecule has 1 spiro atoms. The van der Waals surface area contributed by atoms with Crippen LogP contribution in [0.25, 0.3) is 0 Å². The van der Waals surface area contributed by atoms with Gasteiger partial charge in [0.05, 0.1) is 46.5 Å². The number of carbonyl (C=O) groups is 3. The van der Waals surface area contributed by atoms with E-state index >= 15 is 0 Å². The monoisotopic (exact) mass is 572 g/mol. The highest BCUT2D eigenvalue weighted by Gasteiger charge is 2.74. The third-order valence-electron chi connectivity index (χ3n) is 8.43. The number of carbonyl (C=O) groups excluding carboxylic acids is 3. The highest BCUT2D eigenvalue weighted by molar-refractivity contribution is 8.02. The number of esters is 1. The van der Waals surface area contributed by atoms with Crippen molar-refractivity contribution in [3.8, 4) is 0 Å². The Balaban J connectivity index is 1.68. The number of thioether (sulfide) groups is 1. The number of ether oxygens (including phenoxy) is 1. The summed E-state index contributed by atoms with van der Waals surface area (Å²) in [6.07, 6.45) is 11.1. The highest BCUT2D eigenvalue weighted by atomic mass is 35.5. The van der Waals surface area contributed by atoms with E-state index in [-0.39, 0.29) is 30.9 Å². The van der Waals surface area contributed by atoms with Crippen LogP contribution in [-0.4, -0.2) is 69.1 Å². The molecular weight excluding hydrogens is 536 g/mol. The van der Waals surface area contributed by atoms with E-state index in [1.165, 1.54) is 11.8 Å². The molecule has 0 bridgehead atoms. The van der Waals surface area contributed by atoms with Gasteiger partial charge in [-0.1, -0.05) is 61.9 Å². The van der Waals surface area contributed by atoms with Crippen molar-refractivity contribution < 1.29 is 24.2 Å². The molecule has 5 rings (SSSR count). The summed E-state index contributed by atoms with van der Waals surface area (Å²) < 4.78 is 3.99. The number of hydrogen-bond acceptors (Lipinski definition) is 6. The van der Waals surface area contributed by atoms with E-state index in [0.717, 1.165) is 19.3 Å². The van der Waals surface area contributed by atoms with Crippen molar-refractivity contribution >= 4 is 46.8 Å². The molecule has 7 nitrogen and oxygen atoms in total. The molecule has 2 fully saturated rings. The van der Waals surface area contributed by atoms with Crippen molar-refractivity contribution in [2.24, 2.45) is 17.8 Å². The number of cyclic esters (lactones) is 1. The van der Waals surface area contributed by atoms with Gasteiger partial charge in [0, 0.05) is 11.3 Å². The quantitative estimate of drug-likeness (QED) is 0.409. The fraction of sp³-hybridized carbons (Fsp3) is 0.567. The number of hydrogen-bond donors (Lipinski definition) is 1. The van der Waals surface area contributed by atoms with Gasteiger partial charge in [-0.3, -0.25) is 14.4 Å². The minimum Gasteiger partial charge on any atom is -0.465 e. The predicted octanol–water partition coefficient (Wildman–Crippen LogP) is 4.62. The van der Waals surface area contributed by atoms with Gasteiger partial charge in [-0.25, -0.2) is 0 Å². The number of rotatable bonds is 5. The molecule has 1 aromatic carbocycles. The van der Waals surface area contributed by atoms with E-state index < -0.39 is 39.4 Å². The summed E-state index contributed by atoms with van der Waals surface area (Å²) in [6, 6.07) is 5.70. The average molecular weight is 573 g/mol. The fourth-order valence-corrected chi connectivity index (χ4v) is 9.21. The maximum atomic E-state index is 14.6. The van der Waals surface area contributed by atoms with E-state index in [0.29, 0.717) is 23.7 Å². The molecule has 4 aliphatic heterocycles. The van der Waals surface area contributed by atoms with E-state index in [1.807, 2.05) is 51.1 Å². The van der Waals surface area contributed by atoms with Gasteiger partial charge in [0.1, 0.15) is 6.04 Å². The standard InChI is InChI=1S/C30H37ClN2O5S/c1-19(2)17-20(18-34)33-25-27(36)32(22-12-7-6-11-21(22)31)15-10-14-30(25)23(26(33)35)24-28(37)38-16-9-5-4-8-13-29(24,3)39-30/h6-8,10-14,19-20,23-25,34H,4-5,9,15-18H2,1-3H3/b13-8-/t20-,23+,24-,25?,29+,30+/m1/s1. The van der Waals surface area contributed by atoms with Gasteiger partial charge in [0.25, 0.3) is 5.91 Å². The lowest BCUT2D eigenvalue weighted by Crippen LogP contribution is -2.57. The molecule has 210 valence electrons. The van der Waals surface area contributed by atoms with E-state index in [4.69, 9.17) is 16.3 Å². The van der Waals surface area contributed by atoms with Crippen molar-refractivity contribution in [1.29, 1.82) is 0 Å². The first-order valence-corrected chi connectivity index (χ1v) is 15.0. The van der Waals surface area contributed by atoms with Gasteiger partial charge in [-0.05, 0) is 50.7 Å². The topological polar surface area (TPSA) is 87.2 Å². The lowest BCUT2D eigenvalue weighted by Gasteiger charge is -2.40. The van der Waals surface area contributed by atoms with Crippen LogP contribution in [0.4, 0.5) is 5.69 Å². The molecular formula is C30H37ClN2O5S. The maximum Gasteiger partial charge on any atom is 0.311 e. The molecule has 9 heteroatoms. The summed E-state index contributed by atoms with van der Waals surface area (Å²) in [5.74, 6) is -2.32. The van der Waals surface area contributed by atoms with Crippen LogP contribution in [0, 0.1) is 17.8 Å². The lowest BCUT2D eigenvalue weighted by atomic mass is 9.74. The highest BCUT2D eigenvalue weighted by Crippen LogP contribution is 2.65. The second-order valence-electron chi connectivity index (χ2n) is 11.6. The lowest BCUT2D eigenvalue weighted by molar-refractivity contribution is -0.154. The Morgan fingerprint density at radius 3 is 2.59 bits per heavy atom. The summed E-state index contributed by atoms with van der Waals surface area (Å²) in [5, 5.41) is 10.9. The smallest absolute Gasteiger partial charge is 0.311 e. The van der Waals surface area contributed by atoms with Crippen LogP contribution in [0.2, 0.25) is 5.02 Å². The van der Waals surface area contributed by atoms with Gasteiger partial charge in [-0.15, -0.1) is 11.8 Å². The minimum atomic E-state index is -1.01. The zero-order valence-corrected chi connectivity index (χ0v) is 24.3. The molecule has 39 heavy (non-hydrogen) atoms. The predicted molar refractivity (Wildman–Crippen MR) is 154 cm³/mol. The van der Waals surface area contributed by atoms with Crippen molar-refractivity contribution in [2.75, 3.05) is 24.7 Å². The van der Waals surface area contributed by atoms with Crippen molar-refractivity contribution in [3.63, 3.8) is 0 Å². The Morgan fingerprint density at radius 1 is 1.10 bits per heavy atom. The Hall–Kier alpha value is -2.29. The van der Waals surface area contributed by atoms with Crippen LogP contribution in [0.15, 0.2) is 48.6 Å². The Kier molecular flexibility index (Phi) is 7.92. The molecule has 6 atom stereocenters. The van der Waals surface area contributed by atoms with Crippen LogP contribution in [-0.2, 0) is 19.1 Å². The van der Waals surface area contributed by atoms with Crippen molar-refractivity contribution in [2.45, 2.75) is 68.0 Å². The second kappa shape index (κ2) is 10.9. The van der Waals surface area contributed by atoms with Gasteiger partial charge in [0.2, 0.25) is 5.91 Å².